The predicted octanol–water partition coefficient (Wildman–Crippen LogP) is 2.18. The summed E-state index contributed by atoms with van der Waals surface area (Å²) < 4.78 is 0. The Morgan fingerprint density at radius 3 is 3.10 bits per heavy atom. The van der Waals surface area contributed by atoms with E-state index in [1.807, 2.05) is 11.8 Å². The molecule has 0 aliphatic carbocycles. The molecule has 0 spiro atoms. The number of carboxylic acid groups (broad SMARTS) is 1. The largest absolute Gasteiger partial charge is 0.481 e. The molecular weight excluding hydrogens is 296 g/mol. The summed E-state index contributed by atoms with van der Waals surface area (Å²) in [7, 11) is 0. The monoisotopic (exact) mass is 310 g/mol. The first-order chi connectivity index (χ1) is 9.65. The van der Waals surface area contributed by atoms with Gasteiger partial charge in [0.15, 0.2) is 0 Å². The maximum Gasteiger partial charge on any atom is 0.303 e. The highest BCUT2D eigenvalue weighted by Crippen LogP contribution is 2.35. The van der Waals surface area contributed by atoms with Crippen LogP contribution in [0.2, 0.25) is 0 Å². The van der Waals surface area contributed by atoms with Gasteiger partial charge in [-0.1, -0.05) is 0 Å². The fourth-order valence-electron chi connectivity index (χ4n) is 2.40. The summed E-state index contributed by atoms with van der Waals surface area (Å²) in [6.07, 6.45) is 2.02. The number of aromatic amines is 1. The Hall–Kier alpha value is -1.34. The van der Waals surface area contributed by atoms with Crippen LogP contribution in [-0.4, -0.2) is 26.8 Å². The summed E-state index contributed by atoms with van der Waals surface area (Å²) in [4.78, 5) is 32.1. The fraction of sp³-hybridized carbons (Fsp3) is 0.462. The topological polar surface area (TPSA) is 83.0 Å². The maximum absolute atomic E-state index is 12.2. The lowest BCUT2D eigenvalue weighted by molar-refractivity contribution is -0.137. The smallest absolute Gasteiger partial charge is 0.303 e. The number of hydrogen-bond acceptors (Lipinski definition) is 5. The minimum atomic E-state index is -0.822. The first-order valence-electron chi connectivity index (χ1n) is 6.48. The Morgan fingerprint density at radius 2 is 2.30 bits per heavy atom. The summed E-state index contributed by atoms with van der Waals surface area (Å²) in [5, 5.41) is 9.38. The first-order valence-corrected chi connectivity index (χ1v) is 8.45. The molecule has 0 radical (unpaired) electrons. The highest BCUT2D eigenvalue weighted by Gasteiger charge is 2.19. The van der Waals surface area contributed by atoms with Crippen molar-refractivity contribution < 1.29 is 9.90 Å². The molecule has 0 fully saturated rings. The number of nitrogens with one attached hydrogen (secondary N) is 1. The van der Waals surface area contributed by atoms with E-state index in [1.54, 1.807) is 11.3 Å². The summed E-state index contributed by atoms with van der Waals surface area (Å²) in [6, 6.07) is 0. The van der Waals surface area contributed by atoms with E-state index in [4.69, 9.17) is 5.11 Å². The van der Waals surface area contributed by atoms with Gasteiger partial charge in [0.1, 0.15) is 10.7 Å². The van der Waals surface area contributed by atoms with E-state index in [9.17, 15) is 9.59 Å². The molecule has 0 unspecified atom stereocenters. The number of rotatable bonds is 4. The number of aryl methyl sites for hydroxylation is 2. The molecule has 0 amide bonds. The number of fused-ring (bicyclic) bond motifs is 3. The fourth-order valence-corrected chi connectivity index (χ4v) is 4.77. The zero-order valence-corrected chi connectivity index (χ0v) is 12.4. The molecule has 0 atom stereocenters. The number of H-pyrrole nitrogens is 1. The summed E-state index contributed by atoms with van der Waals surface area (Å²) in [5.41, 5.74) is 1.08. The normalized spacial score (nSPS) is 14.4. The van der Waals surface area contributed by atoms with E-state index >= 15 is 0 Å². The van der Waals surface area contributed by atoms with Gasteiger partial charge in [0, 0.05) is 23.5 Å². The molecule has 2 aromatic rings. The average Bonchev–Trinajstić information content (AvgIpc) is 2.76. The lowest BCUT2D eigenvalue weighted by atomic mass is 10.1. The van der Waals surface area contributed by atoms with Crippen molar-refractivity contribution in [2.75, 3.05) is 5.75 Å². The van der Waals surface area contributed by atoms with Crippen LogP contribution in [-0.2, 0) is 23.4 Å². The Morgan fingerprint density at radius 1 is 1.45 bits per heavy atom. The van der Waals surface area contributed by atoms with Crippen molar-refractivity contribution in [2.24, 2.45) is 0 Å². The van der Waals surface area contributed by atoms with Crippen LogP contribution in [0.15, 0.2) is 4.79 Å². The van der Waals surface area contributed by atoms with Gasteiger partial charge in [-0.15, -0.1) is 11.3 Å². The second-order valence-corrected chi connectivity index (χ2v) is 6.94. The molecule has 1 aliphatic rings. The third-order valence-electron chi connectivity index (χ3n) is 3.33. The molecule has 0 bridgehead atoms. The molecule has 20 heavy (non-hydrogen) atoms. The van der Waals surface area contributed by atoms with E-state index in [1.165, 1.54) is 4.88 Å². The lowest BCUT2D eigenvalue weighted by Crippen LogP contribution is -2.13. The van der Waals surface area contributed by atoms with Gasteiger partial charge in [0.25, 0.3) is 5.56 Å². The van der Waals surface area contributed by atoms with Crippen molar-refractivity contribution in [1.29, 1.82) is 0 Å². The van der Waals surface area contributed by atoms with Crippen LogP contribution in [0.1, 0.15) is 29.1 Å². The Balaban J connectivity index is 1.94. The minimum absolute atomic E-state index is 0.0790. The highest BCUT2D eigenvalue weighted by molar-refractivity contribution is 7.98. The van der Waals surface area contributed by atoms with Crippen LogP contribution >= 0.6 is 23.1 Å². The van der Waals surface area contributed by atoms with Gasteiger partial charge in [-0.05, 0) is 24.2 Å². The number of hydrogen-bond donors (Lipinski definition) is 2. The third-order valence-corrected chi connectivity index (χ3v) is 5.62. The molecule has 0 saturated carbocycles. The van der Waals surface area contributed by atoms with Gasteiger partial charge in [0.05, 0.1) is 5.39 Å². The molecule has 106 valence electrons. The number of aromatic nitrogens is 2. The number of thioether (sulfide) groups is 1. The Labute approximate surface area is 123 Å². The van der Waals surface area contributed by atoms with Crippen LogP contribution in [0.3, 0.4) is 0 Å². The van der Waals surface area contributed by atoms with Crippen molar-refractivity contribution in [3.8, 4) is 0 Å². The van der Waals surface area contributed by atoms with Crippen LogP contribution in [0, 0.1) is 0 Å². The van der Waals surface area contributed by atoms with E-state index in [0.717, 1.165) is 33.7 Å². The minimum Gasteiger partial charge on any atom is -0.481 e. The molecule has 3 heterocycles. The molecule has 5 nitrogen and oxygen atoms in total. The van der Waals surface area contributed by atoms with Crippen LogP contribution in [0.5, 0.6) is 0 Å². The zero-order chi connectivity index (χ0) is 14.1. The van der Waals surface area contributed by atoms with Crippen molar-refractivity contribution in [1.82, 2.24) is 9.97 Å². The average molecular weight is 310 g/mol. The number of carbonyl (C=O) groups is 1. The molecule has 2 N–H and O–H groups in total. The number of aliphatic carboxylic acids is 1. The highest BCUT2D eigenvalue weighted by atomic mass is 32.2. The SMILES string of the molecule is O=C(O)CCCc1nc2sc3c(c2c(=O)[nH]1)CCSC3. The van der Waals surface area contributed by atoms with E-state index in [2.05, 4.69) is 9.97 Å². The Bertz CT molecular complexity index is 720. The lowest BCUT2D eigenvalue weighted by Gasteiger charge is -2.09. The van der Waals surface area contributed by atoms with Gasteiger partial charge in [-0.25, -0.2) is 4.98 Å². The number of nitrogens with zero attached hydrogens (tertiary/aromatic N) is 1. The molecular formula is C13H14N2O3S2. The van der Waals surface area contributed by atoms with Crippen molar-refractivity contribution in [3.05, 3.63) is 26.6 Å². The predicted molar refractivity (Wildman–Crippen MR) is 80.7 cm³/mol. The molecule has 0 aromatic carbocycles. The maximum atomic E-state index is 12.2. The van der Waals surface area contributed by atoms with Gasteiger partial charge >= 0.3 is 5.97 Å². The van der Waals surface area contributed by atoms with Gasteiger partial charge in [-0.3, -0.25) is 9.59 Å². The quantitative estimate of drug-likeness (QED) is 0.904. The van der Waals surface area contributed by atoms with E-state index < -0.39 is 5.97 Å². The van der Waals surface area contributed by atoms with E-state index in [-0.39, 0.29) is 12.0 Å². The second kappa shape index (κ2) is 5.57. The van der Waals surface area contributed by atoms with Crippen LogP contribution in [0.25, 0.3) is 10.2 Å². The van der Waals surface area contributed by atoms with E-state index in [0.29, 0.717) is 18.7 Å². The van der Waals surface area contributed by atoms with Crippen LogP contribution in [0.4, 0.5) is 0 Å². The molecule has 3 rings (SSSR count). The zero-order valence-electron chi connectivity index (χ0n) is 10.8. The van der Waals surface area contributed by atoms with Gasteiger partial charge < -0.3 is 10.1 Å². The second-order valence-electron chi connectivity index (χ2n) is 4.75. The van der Waals surface area contributed by atoms with Crippen molar-refractivity contribution in [2.45, 2.75) is 31.4 Å². The summed E-state index contributed by atoms with van der Waals surface area (Å²) >= 11 is 3.48. The van der Waals surface area contributed by atoms with Gasteiger partial charge in [0.2, 0.25) is 0 Å². The third kappa shape index (κ3) is 2.60. The standard InChI is InChI=1S/C13H14N2O3S2/c16-10(17)3-1-2-9-14-12(18)11-7-4-5-19-6-8(7)20-13(11)15-9/h1-6H2,(H,16,17)(H,14,15,18). The summed E-state index contributed by atoms with van der Waals surface area (Å²) in [6.45, 7) is 0. The molecule has 1 aliphatic heterocycles. The Kier molecular flexibility index (Phi) is 3.80. The molecule has 2 aromatic heterocycles. The van der Waals surface area contributed by atoms with Crippen molar-refractivity contribution >= 4 is 39.3 Å². The molecule has 7 heteroatoms. The first kappa shape index (κ1) is 13.6. The summed E-state index contributed by atoms with van der Waals surface area (Å²) in [5.74, 6) is 1.79. The number of thiophene rings is 1. The molecule has 0 saturated heterocycles. The van der Waals surface area contributed by atoms with Gasteiger partial charge in [-0.2, -0.15) is 11.8 Å². The van der Waals surface area contributed by atoms with Crippen LogP contribution < -0.4 is 5.56 Å². The van der Waals surface area contributed by atoms with Crippen molar-refractivity contribution in [3.63, 3.8) is 0 Å². The number of carboxylic acids is 1.